The maximum Gasteiger partial charge on any atom is 0.319 e. The lowest BCUT2D eigenvalue weighted by Gasteiger charge is -2.16. The van der Waals surface area contributed by atoms with Gasteiger partial charge in [-0.25, -0.2) is 4.98 Å². The van der Waals surface area contributed by atoms with Crippen LogP contribution >= 0.6 is 34.4 Å². The van der Waals surface area contributed by atoms with E-state index in [4.69, 9.17) is 4.74 Å². The Kier molecular flexibility index (Phi) is 6.54. The molecule has 0 radical (unpaired) electrons. The molecule has 0 amide bonds. The van der Waals surface area contributed by atoms with Gasteiger partial charge in [-0.05, 0) is 60.2 Å². The van der Waals surface area contributed by atoms with Crippen LogP contribution in [0.2, 0.25) is 0 Å². The number of carbonyl (C=O) groups excluding carboxylic acids is 1. The first-order valence-electron chi connectivity index (χ1n) is 8.57. The fourth-order valence-electron chi connectivity index (χ4n) is 2.63. The smallest absolute Gasteiger partial charge is 0.319 e. The van der Waals surface area contributed by atoms with E-state index < -0.39 is 5.25 Å². The van der Waals surface area contributed by atoms with E-state index in [0.29, 0.717) is 29.2 Å². The van der Waals surface area contributed by atoms with Gasteiger partial charge in [0.25, 0.3) is 5.56 Å². The fraction of sp³-hybridized carbons (Fsp3) is 0.250. The van der Waals surface area contributed by atoms with Gasteiger partial charge in [0.15, 0.2) is 5.16 Å². The van der Waals surface area contributed by atoms with Crippen molar-refractivity contribution < 1.29 is 9.53 Å². The summed E-state index contributed by atoms with van der Waals surface area (Å²) < 4.78 is 7.70. The van der Waals surface area contributed by atoms with Crippen LogP contribution in [0, 0.1) is 3.57 Å². The van der Waals surface area contributed by atoms with Crippen LogP contribution in [-0.2, 0) is 16.1 Å². The maximum atomic E-state index is 13.2. The Morgan fingerprint density at radius 1 is 1.26 bits per heavy atom. The van der Waals surface area contributed by atoms with E-state index in [1.807, 2.05) is 48.5 Å². The minimum atomic E-state index is -0.458. The second-order valence-corrected chi connectivity index (χ2v) is 8.50. The average Bonchev–Trinajstić information content (AvgIpc) is 2.66. The molecule has 0 spiro atoms. The molecule has 1 aromatic heterocycles. The molecule has 1 unspecified atom stereocenters. The summed E-state index contributed by atoms with van der Waals surface area (Å²) in [6, 6.07) is 15.3. The summed E-state index contributed by atoms with van der Waals surface area (Å²) in [5, 5.41) is 0.629. The molecule has 0 saturated heterocycles. The van der Waals surface area contributed by atoms with Crippen LogP contribution in [0.1, 0.15) is 19.4 Å². The zero-order chi connectivity index (χ0) is 19.4. The minimum Gasteiger partial charge on any atom is -0.465 e. The van der Waals surface area contributed by atoms with Gasteiger partial charge in [-0.15, -0.1) is 0 Å². The van der Waals surface area contributed by atoms with Gasteiger partial charge >= 0.3 is 5.97 Å². The Bertz CT molecular complexity index is 1020. The molecule has 0 fully saturated rings. The highest BCUT2D eigenvalue weighted by Crippen LogP contribution is 2.24. The summed E-state index contributed by atoms with van der Waals surface area (Å²) in [5.41, 5.74) is 1.52. The van der Waals surface area contributed by atoms with Crippen LogP contribution in [-0.4, -0.2) is 27.4 Å². The third-order valence-electron chi connectivity index (χ3n) is 3.97. The highest BCUT2D eigenvalue weighted by Gasteiger charge is 2.20. The van der Waals surface area contributed by atoms with E-state index in [0.717, 1.165) is 9.13 Å². The molecule has 2 aromatic carbocycles. The van der Waals surface area contributed by atoms with Crippen molar-refractivity contribution in [2.24, 2.45) is 0 Å². The highest BCUT2D eigenvalue weighted by atomic mass is 127. The molecular formula is C20H19IN2O3S. The number of carbonyl (C=O) groups is 1. The summed E-state index contributed by atoms with van der Waals surface area (Å²) in [6.07, 6.45) is 0. The van der Waals surface area contributed by atoms with Crippen molar-refractivity contribution in [3.63, 3.8) is 0 Å². The number of benzene rings is 2. The van der Waals surface area contributed by atoms with Crippen LogP contribution in [0.25, 0.3) is 10.9 Å². The molecular weight excluding hydrogens is 475 g/mol. The number of rotatable bonds is 6. The zero-order valence-electron chi connectivity index (χ0n) is 15.0. The Morgan fingerprint density at radius 2 is 2.00 bits per heavy atom. The molecule has 140 valence electrons. The van der Waals surface area contributed by atoms with Gasteiger partial charge in [0.05, 0.1) is 24.1 Å². The number of hydrogen-bond acceptors (Lipinski definition) is 5. The van der Waals surface area contributed by atoms with E-state index in [1.165, 1.54) is 11.8 Å². The molecule has 0 aliphatic heterocycles. The summed E-state index contributed by atoms with van der Waals surface area (Å²) in [7, 11) is 0. The van der Waals surface area contributed by atoms with Crippen LogP contribution in [0.3, 0.4) is 0 Å². The number of ether oxygens (including phenoxy) is 1. The Labute approximate surface area is 175 Å². The van der Waals surface area contributed by atoms with Crippen LogP contribution in [0.5, 0.6) is 0 Å². The molecule has 3 aromatic rings. The van der Waals surface area contributed by atoms with Crippen molar-refractivity contribution in [1.82, 2.24) is 9.55 Å². The number of thioether (sulfide) groups is 1. The van der Waals surface area contributed by atoms with Gasteiger partial charge in [-0.2, -0.15) is 0 Å². The second-order valence-electron chi connectivity index (χ2n) is 5.94. The monoisotopic (exact) mass is 494 g/mol. The standard InChI is InChI=1S/C20H19IN2O3S/c1-3-26-19(25)13(2)27-20-22-17-10-9-15(21)11-16(17)18(24)23(20)12-14-7-5-4-6-8-14/h4-11,13H,3,12H2,1-2H3. The molecule has 1 heterocycles. The third-order valence-corrected chi connectivity index (χ3v) is 5.70. The minimum absolute atomic E-state index is 0.110. The predicted octanol–water partition coefficient (Wildman–Crippen LogP) is 4.09. The predicted molar refractivity (Wildman–Crippen MR) is 116 cm³/mol. The fourth-order valence-corrected chi connectivity index (χ4v) is 4.03. The zero-order valence-corrected chi connectivity index (χ0v) is 18.0. The molecule has 7 heteroatoms. The largest absolute Gasteiger partial charge is 0.465 e. The van der Waals surface area contributed by atoms with Gasteiger partial charge in [0, 0.05) is 3.57 Å². The van der Waals surface area contributed by atoms with E-state index in [-0.39, 0.29) is 11.5 Å². The van der Waals surface area contributed by atoms with Gasteiger partial charge in [-0.3, -0.25) is 14.2 Å². The maximum absolute atomic E-state index is 13.2. The first-order chi connectivity index (χ1) is 13.0. The van der Waals surface area contributed by atoms with Crippen molar-refractivity contribution in [2.45, 2.75) is 30.8 Å². The van der Waals surface area contributed by atoms with Crippen molar-refractivity contribution in [2.75, 3.05) is 6.61 Å². The Balaban J connectivity index is 2.09. The quantitative estimate of drug-likeness (QED) is 0.224. The third kappa shape index (κ3) is 4.70. The molecule has 3 rings (SSSR count). The second kappa shape index (κ2) is 8.88. The Morgan fingerprint density at radius 3 is 2.70 bits per heavy atom. The molecule has 0 bridgehead atoms. The number of halogens is 1. The highest BCUT2D eigenvalue weighted by molar-refractivity contribution is 14.1. The van der Waals surface area contributed by atoms with Gasteiger partial charge in [-0.1, -0.05) is 42.1 Å². The van der Waals surface area contributed by atoms with E-state index in [9.17, 15) is 9.59 Å². The number of esters is 1. The topological polar surface area (TPSA) is 61.2 Å². The molecule has 27 heavy (non-hydrogen) atoms. The number of fused-ring (bicyclic) bond motifs is 1. The van der Waals surface area contributed by atoms with E-state index >= 15 is 0 Å². The van der Waals surface area contributed by atoms with Crippen LogP contribution in [0.4, 0.5) is 0 Å². The van der Waals surface area contributed by atoms with Gasteiger partial charge < -0.3 is 4.74 Å². The van der Waals surface area contributed by atoms with Crippen LogP contribution in [0.15, 0.2) is 58.5 Å². The number of hydrogen-bond donors (Lipinski definition) is 0. The average molecular weight is 494 g/mol. The molecule has 5 nitrogen and oxygen atoms in total. The normalized spacial score (nSPS) is 12.1. The molecule has 0 aliphatic carbocycles. The molecule has 0 aliphatic rings. The Hall–Kier alpha value is -1.87. The van der Waals surface area contributed by atoms with Gasteiger partial charge in [0.1, 0.15) is 5.25 Å². The first kappa shape index (κ1) is 19.9. The SMILES string of the molecule is CCOC(=O)C(C)Sc1nc2ccc(I)cc2c(=O)n1Cc1ccccc1. The van der Waals surface area contributed by atoms with Crippen molar-refractivity contribution in [3.05, 3.63) is 68.0 Å². The van der Waals surface area contributed by atoms with Crippen LogP contribution < -0.4 is 5.56 Å². The van der Waals surface area contributed by atoms with Crippen molar-refractivity contribution >= 4 is 51.2 Å². The van der Waals surface area contributed by atoms with Crippen molar-refractivity contribution in [3.8, 4) is 0 Å². The lowest BCUT2D eigenvalue weighted by Crippen LogP contribution is -2.26. The summed E-state index contributed by atoms with van der Waals surface area (Å²) in [5.74, 6) is -0.314. The number of nitrogens with zero attached hydrogens (tertiary/aromatic N) is 2. The number of aromatic nitrogens is 2. The molecule has 1 atom stereocenters. The lowest BCUT2D eigenvalue weighted by atomic mass is 10.2. The first-order valence-corrected chi connectivity index (χ1v) is 10.5. The summed E-state index contributed by atoms with van der Waals surface area (Å²) >= 11 is 3.43. The lowest BCUT2D eigenvalue weighted by molar-refractivity contribution is -0.142. The summed E-state index contributed by atoms with van der Waals surface area (Å²) in [4.78, 5) is 29.9. The van der Waals surface area contributed by atoms with Gasteiger partial charge in [0.2, 0.25) is 0 Å². The van der Waals surface area contributed by atoms with E-state index in [1.54, 1.807) is 18.4 Å². The van der Waals surface area contributed by atoms with Crippen molar-refractivity contribution in [1.29, 1.82) is 0 Å². The molecule has 0 saturated carbocycles. The van der Waals surface area contributed by atoms with E-state index in [2.05, 4.69) is 27.6 Å². The summed E-state index contributed by atoms with van der Waals surface area (Å²) in [6.45, 7) is 4.26. The molecule has 0 N–H and O–H groups in total.